The average molecular weight is 145 g/mol. The summed E-state index contributed by atoms with van der Waals surface area (Å²) < 4.78 is 0. The average Bonchev–Trinajstić information content (AvgIpc) is 2.47. The molecule has 3 heteroatoms. The molecule has 2 rings (SSSR count). The Kier molecular flexibility index (Phi) is 1.13. The normalized spacial score (nSPS) is 19.0. The summed E-state index contributed by atoms with van der Waals surface area (Å²) in [7, 11) is 0. The summed E-state index contributed by atoms with van der Waals surface area (Å²) in [5.74, 6) is 0.954. The first-order chi connectivity index (χ1) is 5.42. The van der Waals surface area contributed by atoms with Crippen LogP contribution in [0.1, 0.15) is 0 Å². The Hall–Kier alpha value is -1.82. The SMILES string of the molecule is C#CN1C=CN2NC=CC=C12. The zero-order valence-electron chi connectivity index (χ0n) is 5.86. The monoisotopic (exact) mass is 145 g/mol. The van der Waals surface area contributed by atoms with E-state index in [0.717, 1.165) is 5.82 Å². The number of allylic oxidation sites excluding steroid dienone is 2. The fourth-order valence-corrected chi connectivity index (χ4v) is 1.04. The highest BCUT2D eigenvalue weighted by Crippen LogP contribution is 2.17. The highest BCUT2D eigenvalue weighted by Gasteiger charge is 2.17. The predicted octanol–water partition coefficient (Wildman–Crippen LogP) is 0.539. The maximum Gasteiger partial charge on any atom is 0.143 e. The van der Waals surface area contributed by atoms with E-state index < -0.39 is 0 Å². The summed E-state index contributed by atoms with van der Waals surface area (Å²) in [6.07, 6.45) is 14.6. The Morgan fingerprint density at radius 3 is 3.18 bits per heavy atom. The molecule has 0 fully saturated rings. The molecule has 0 aromatic carbocycles. The van der Waals surface area contributed by atoms with Crippen LogP contribution in [0.5, 0.6) is 0 Å². The third-order valence-corrected chi connectivity index (χ3v) is 1.55. The molecule has 2 aliphatic rings. The van der Waals surface area contributed by atoms with Gasteiger partial charge in [-0.25, -0.2) is 5.01 Å². The van der Waals surface area contributed by atoms with Crippen LogP contribution in [0.3, 0.4) is 0 Å². The number of fused-ring (bicyclic) bond motifs is 1. The summed E-state index contributed by atoms with van der Waals surface area (Å²) in [6, 6.07) is 2.53. The molecule has 0 saturated carbocycles. The van der Waals surface area contributed by atoms with E-state index >= 15 is 0 Å². The van der Waals surface area contributed by atoms with E-state index in [2.05, 4.69) is 11.5 Å². The molecule has 54 valence electrons. The van der Waals surface area contributed by atoms with Crippen LogP contribution in [0.4, 0.5) is 0 Å². The second kappa shape index (κ2) is 2.10. The van der Waals surface area contributed by atoms with Crippen molar-refractivity contribution in [2.24, 2.45) is 0 Å². The fourth-order valence-electron chi connectivity index (χ4n) is 1.04. The summed E-state index contributed by atoms with van der Waals surface area (Å²) in [5.41, 5.74) is 3.01. The minimum Gasteiger partial charge on any atom is -0.300 e. The molecular formula is C8H7N3. The highest BCUT2D eigenvalue weighted by molar-refractivity contribution is 5.25. The van der Waals surface area contributed by atoms with Gasteiger partial charge in [0.2, 0.25) is 0 Å². The van der Waals surface area contributed by atoms with Gasteiger partial charge in [0.25, 0.3) is 0 Å². The van der Waals surface area contributed by atoms with Crippen LogP contribution in [0.2, 0.25) is 0 Å². The highest BCUT2D eigenvalue weighted by atomic mass is 15.6. The van der Waals surface area contributed by atoms with Crippen molar-refractivity contribution in [2.75, 3.05) is 0 Å². The molecule has 0 aromatic heterocycles. The summed E-state index contributed by atoms with van der Waals surface area (Å²) >= 11 is 0. The van der Waals surface area contributed by atoms with Crippen molar-refractivity contribution in [3.63, 3.8) is 0 Å². The van der Waals surface area contributed by atoms with Gasteiger partial charge in [-0.15, -0.1) is 0 Å². The molecule has 0 aromatic rings. The molecule has 2 heterocycles. The molecule has 0 amide bonds. The van der Waals surface area contributed by atoms with Gasteiger partial charge in [0, 0.05) is 24.6 Å². The van der Waals surface area contributed by atoms with Crippen LogP contribution in [-0.4, -0.2) is 9.91 Å². The number of rotatable bonds is 0. The Balaban J connectivity index is 2.33. The Morgan fingerprint density at radius 1 is 1.45 bits per heavy atom. The van der Waals surface area contributed by atoms with Crippen LogP contribution in [-0.2, 0) is 0 Å². The van der Waals surface area contributed by atoms with E-state index in [1.165, 1.54) is 0 Å². The van der Waals surface area contributed by atoms with E-state index in [0.29, 0.717) is 0 Å². The molecule has 0 saturated heterocycles. The Morgan fingerprint density at radius 2 is 2.36 bits per heavy atom. The first-order valence-electron chi connectivity index (χ1n) is 3.28. The topological polar surface area (TPSA) is 18.5 Å². The zero-order valence-corrected chi connectivity index (χ0v) is 5.86. The fraction of sp³-hybridized carbons (Fsp3) is 0. The van der Waals surface area contributed by atoms with E-state index in [-0.39, 0.29) is 0 Å². The van der Waals surface area contributed by atoms with Crippen molar-refractivity contribution in [2.45, 2.75) is 0 Å². The maximum atomic E-state index is 5.25. The van der Waals surface area contributed by atoms with E-state index in [4.69, 9.17) is 6.42 Å². The standard InChI is InChI=1S/C8H7N3/c1-2-10-6-7-11-8(10)4-3-5-9-11/h1,3-7,9H. The van der Waals surface area contributed by atoms with Crippen molar-refractivity contribution in [1.29, 1.82) is 0 Å². The van der Waals surface area contributed by atoms with E-state index in [1.807, 2.05) is 35.8 Å². The van der Waals surface area contributed by atoms with Gasteiger partial charge in [-0.2, -0.15) is 0 Å². The predicted molar refractivity (Wildman–Crippen MR) is 42.0 cm³/mol. The number of nitrogens with one attached hydrogen (secondary N) is 1. The number of hydrogen-bond donors (Lipinski definition) is 1. The third kappa shape index (κ3) is 0.767. The zero-order chi connectivity index (χ0) is 7.68. The molecule has 1 N–H and O–H groups in total. The first-order valence-corrected chi connectivity index (χ1v) is 3.28. The molecule has 0 unspecified atom stereocenters. The van der Waals surface area contributed by atoms with Crippen molar-refractivity contribution < 1.29 is 0 Å². The third-order valence-electron chi connectivity index (χ3n) is 1.55. The smallest absolute Gasteiger partial charge is 0.143 e. The summed E-state index contributed by atoms with van der Waals surface area (Å²) in [4.78, 5) is 1.70. The van der Waals surface area contributed by atoms with Crippen molar-refractivity contribution in [3.8, 4) is 12.5 Å². The molecule has 11 heavy (non-hydrogen) atoms. The van der Waals surface area contributed by atoms with Gasteiger partial charge in [-0.1, -0.05) is 6.42 Å². The molecule has 3 nitrogen and oxygen atoms in total. The molecule has 0 atom stereocenters. The van der Waals surface area contributed by atoms with Gasteiger partial charge in [0.1, 0.15) is 5.82 Å². The molecular weight excluding hydrogens is 138 g/mol. The van der Waals surface area contributed by atoms with Gasteiger partial charge in [-0.3, -0.25) is 4.90 Å². The lowest BCUT2D eigenvalue weighted by molar-refractivity contribution is 0.355. The maximum absolute atomic E-state index is 5.25. The van der Waals surface area contributed by atoms with Gasteiger partial charge in [-0.05, 0) is 12.2 Å². The van der Waals surface area contributed by atoms with Crippen LogP contribution < -0.4 is 5.43 Å². The molecule has 0 bridgehead atoms. The van der Waals surface area contributed by atoms with Crippen LogP contribution in [0.15, 0.2) is 36.6 Å². The Labute approximate surface area is 65.3 Å². The molecule has 0 aliphatic carbocycles. The minimum absolute atomic E-state index is 0.954. The second-order valence-corrected chi connectivity index (χ2v) is 2.18. The summed E-state index contributed by atoms with van der Waals surface area (Å²) in [5, 5.41) is 1.85. The van der Waals surface area contributed by atoms with Crippen LogP contribution in [0, 0.1) is 12.5 Å². The minimum atomic E-state index is 0.954. The lowest BCUT2D eigenvalue weighted by Crippen LogP contribution is -2.31. The Bertz CT molecular complexity index is 293. The number of hydrogen-bond acceptors (Lipinski definition) is 3. The number of hydrazine groups is 1. The van der Waals surface area contributed by atoms with Gasteiger partial charge >= 0.3 is 0 Å². The number of terminal acetylenes is 1. The molecule has 2 aliphatic heterocycles. The van der Waals surface area contributed by atoms with E-state index in [1.54, 1.807) is 4.90 Å². The van der Waals surface area contributed by atoms with E-state index in [9.17, 15) is 0 Å². The quantitative estimate of drug-likeness (QED) is 0.502. The van der Waals surface area contributed by atoms with Gasteiger partial charge < -0.3 is 5.43 Å². The van der Waals surface area contributed by atoms with Crippen molar-refractivity contribution in [1.82, 2.24) is 15.3 Å². The largest absolute Gasteiger partial charge is 0.300 e. The molecule has 0 radical (unpaired) electrons. The van der Waals surface area contributed by atoms with Gasteiger partial charge in [0.15, 0.2) is 0 Å². The lowest BCUT2D eigenvalue weighted by atomic mass is 10.4. The second-order valence-electron chi connectivity index (χ2n) is 2.18. The lowest BCUT2D eigenvalue weighted by Gasteiger charge is -2.22. The number of nitrogens with zero attached hydrogens (tertiary/aromatic N) is 2. The summed E-state index contributed by atoms with van der Waals surface area (Å²) in [6.45, 7) is 0. The molecule has 0 spiro atoms. The van der Waals surface area contributed by atoms with Crippen molar-refractivity contribution in [3.05, 3.63) is 36.6 Å². The van der Waals surface area contributed by atoms with Crippen LogP contribution >= 0.6 is 0 Å². The van der Waals surface area contributed by atoms with Crippen LogP contribution in [0.25, 0.3) is 0 Å². The first kappa shape index (κ1) is 5.93. The van der Waals surface area contributed by atoms with Gasteiger partial charge in [0.05, 0.1) is 0 Å². The van der Waals surface area contributed by atoms with Crippen molar-refractivity contribution >= 4 is 0 Å².